The monoisotopic (exact) mass is 587 g/mol. The van der Waals surface area contributed by atoms with Crippen molar-refractivity contribution in [1.29, 1.82) is 0 Å². The molecule has 1 aliphatic heterocycles. The molecule has 0 saturated heterocycles. The second kappa shape index (κ2) is 12.5. The van der Waals surface area contributed by atoms with Crippen LogP contribution in [0.2, 0.25) is 0 Å². The molecule has 0 aliphatic carbocycles. The summed E-state index contributed by atoms with van der Waals surface area (Å²) in [5.41, 5.74) is -1.78. The number of nitrogens with zero attached hydrogens (tertiary/aromatic N) is 5. The summed E-state index contributed by atoms with van der Waals surface area (Å²) in [6.07, 6.45) is 1.76. The highest BCUT2D eigenvalue weighted by atomic mass is 32.1. The van der Waals surface area contributed by atoms with Gasteiger partial charge >= 0.3 is 0 Å². The molecule has 41 heavy (non-hydrogen) atoms. The Morgan fingerprint density at radius 2 is 1.93 bits per heavy atom. The molecule has 2 amide bonds. The van der Waals surface area contributed by atoms with Gasteiger partial charge in [0, 0.05) is 39.4 Å². The van der Waals surface area contributed by atoms with Crippen LogP contribution in [0.4, 0.5) is 4.39 Å². The molecule has 0 saturated carbocycles. The van der Waals surface area contributed by atoms with Crippen LogP contribution in [-0.2, 0) is 26.2 Å². The largest absolute Gasteiger partial charge is 0.503 e. The lowest BCUT2D eigenvalue weighted by Gasteiger charge is -2.46. The number of hydrogen-bond acceptors (Lipinski definition) is 9. The Labute approximate surface area is 241 Å². The van der Waals surface area contributed by atoms with Crippen LogP contribution in [0.1, 0.15) is 41.8 Å². The molecular formula is C28H34FN5O6S. The van der Waals surface area contributed by atoms with E-state index in [1.807, 2.05) is 6.92 Å². The Balaban J connectivity index is 1.88. The molecule has 220 valence electrons. The van der Waals surface area contributed by atoms with Gasteiger partial charge < -0.3 is 28.9 Å². The molecule has 3 aromatic rings. The topological polar surface area (TPSA) is 127 Å². The fourth-order valence-electron chi connectivity index (χ4n) is 4.72. The highest BCUT2D eigenvalue weighted by Gasteiger charge is 2.51. The van der Waals surface area contributed by atoms with E-state index in [0.29, 0.717) is 18.0 Å². The van der Waals surface area contributed by atoms with Crippen LogP contribution in [0.25, 0.3) is 10.6 Å². The third-order valence-corrected chi connectivity index (χ3v) is 8.08. The van der Waals surface area contributed by atoms with E-state index >= 15 is 0 Å². The molecule has 0 fully saturated rings. The molecule has 0 unspecified atom stereocenters. The van der Waals surface area contributed by atoms with E-state index in [9.17, 15) is 23.9 Å². The summed E-state index contributed by atoms with van der Waals surface area (Å²) in [4.78, 5) is 44.1. The Kier molecular flexibility index (Phi) is 9.20. The number of aromatic nitrogens is 3. The highest BCUT2D eigenvalue weighted by Crippen LogP contribution is 2.36. The van der Waals surface area contributed by atoms with E-state index in [2.05, 4.69) is 10.2 Å². The number of methoxy groups -OCH3 is 1. The minimum atomic E-state index is -1.49. The molecule has 0 radical (unpaired) electrons. The zero-order valence-corrected chi connectivity index (χ0v) is 24.5. The van der Waals surface area contributed by atoms with Gasteiger partial charge in [-0.25, -0.2) is 4.39 Å². The molecule has 2 aromatic heterocycles. The van der Waals surface area contributed by atoms with Gasteiger partial charge in [-0.05, 0) is 38.5 Å². The normalized spacial score (nSPS) is 16.8. The van der Waals surface area contributed by atoms with E-state index in [-0.39, 0.29) is 60.4 Å². The lowest BCUT2D eigenvalue weighted by molar-refractivity contribution is -0.145. The average Bonchev–Trinajstić information content (AvgIpc) is 3.42. The fourth-order valence-corrected chi connectivity index (χ4v) is 5.60. The van der Waals surface area contributed by atoms with Gasteiger partial charge in [0.15, 0.2) is 22.0 Å². The number of likely N-dealkylation sites (N-methyl/N-ethyl adjacent to an activating group) is 1. The minimum absolute atomic E-state index is 0.00637. The molecular weight excluding hydrogens is 553 g/mol. The van der Waals surface area contributed by atoms with Gasteiger partial charge in [-0.3, -0.25) is 14.4 Å². The van der Waals surface area contributed by atoms with Gasteiger partial charge in [0.1, 0.15) is 10.8 Å². The fraction of sp³-hybridized carbons (Fsp3) is 0.464. The Morgan fingerprint density at radius 1 is 1.22 bits per heavy atom. The number of fused-ring (bicyclic) bond motifs is 1. The molecule has 0 bridgehead atoms. The van der Waals surface area contributed by atoms with Crippen molar-refractivity contribution < 1.29 is 28.6 Å². The minimum Gasteiger partial charge on any atom is -0.503 e. The number of rotatable bonds is 11. The number of carbonyl (C=O) groups excluding carboxylic acids is 2. The third kappa shape index (κ3) is 5.88. The second-order valence-corrected chi connectivity index (χ2v) is 11.2. The van der Waals surface area contributed by atoms with Crippen LogP contribution in [0.15, 0.2) is 35.3 Å². The number of aromatic hydroxyl groups is 1. The second-order valence-electron chi connectivity index (χ2n) is 10.2. The van der Waals surface area contributed by atoms with Crippen molar-refractivity contribution in [3.63, 3.8) is 0 Å². The van der Waals surface area contributed by atoms with Crippen molar-refractivity contribution in [1.82, 2.24) is 24.6 Å². The standard InChI is InChI=1S/C28H34FN5O6S/c1-6-32(4)27(38)28(16-40-12-11-39-5)15-33(17(2)3)26(37)22-24(36)23(35)20(14-34(22)28)25-31-30-21(41-25)13-18-7-9-19(29)10-8-18/h7-10,14,17,36H,6,11-13,15-16H2,1-5H3/t28-/m1/s1. The number of hydrogen-bond donors (Lipinski definition) is 1. The van der Waals surface area contributed by atoms with Crippen LogP contribution in [0.3, 0.4) is 0 Å². The highest BCUT2D eigenvalue weighted by molar-refractivity contribution is 7.14. The van der Waals surface area contributed by atoms with Crippen molar-refractivity contribution >= 4 is 23.2 Å². The lowest BCUT2D eigenvalue weighted by atomic mass is 9.91. The molecule has 3 heterocycles. The zero-order chi connectivity index (χ0) is 29.9. The number of ether oxygens (including phenoxy) is 2. The van der Waals surface area contributed by atoms with E-state index in [1.54, 1.807) is 33.0 Å². The zero-order valence-electron chi connectivity index (χ0n) is 23.7. The predicted octanol–water partition coefficient (Wildman–Crippen LogP) is 2.50. The third-order valence-electron chi connectivity index (χ3n) is 7.12. The Bertz CT molecular complexity index is 1470. The van der Waals surface area contributed by atoms with Crippen molar-refractivity contribution in [2.75, 3.05) is 47.1 Å². The number of halogens is 1. The van der Waals surface area contributed by atoms with Gasteiger partial charge in [-0.15, -0.1) is 10.2 Å². The molecule has 1 aliphatic rings. The smallest absolute Gasteiger partial charge is 0.274 e. The number of carbonyl (C=O) groups is 2. The molecule has 13 heteroatoms. The number of benzene rings is 1. The van der Waals surface area contributed by atoms with Gasteiger partial charge in [0.2, 0.25) is 5.43 Å². The van der Waals surface area contributed by atoms with Crippen molar-refractivity contribution in [3.05, 3.63) is 62.8 Å². The van der Waals surface area contributed by atoms with E-state index in [0.717, 1.165) is 16.9 Å². The SMILES string of the molecule is CCN(C)C(=O)[C@]1(COCCOC)CN(C(C)C)C(=O)c2c(O)c(=O)c(-c3nnc(Cc4ccc(F)cc4)s3)cn21. The first-order chi connectivity index (χ1) is 19.5. The summed E-state index contributed by atoms with van der Waals surface area (Å²) >= 11 is 1.13. The quantitative estimate of drug-likeness (QED) is 0.339. The molecule has 1 atom stereocenters. The van der Waals surface area contributed by atoms with E-state index in [4.69, 9.17) is 9.47 Å². The number of pyridine rings is 1. The van der Waals surface area contributed by atoms with Gasteiger partial charge in [0.05, 0.1) is 31.9 Å². The maximum atomic E-state index is 14.1. The van der Waals surface area contributed by atoms with Crippen LogP contribution < -0.4 is 5.43 Å². The molecule has 1 N–H and O–H groups in total. The van der Waals surface area contributed by atoms with Gasteiger partial charge in [-0.1, -0.05) is 23.5 Å². The average molecular weight is 588 g/mol. The summed E-state index contributed by atoms with van der Waals surface area (Å²) in [5.74, 6) is -2.05. The molecule has 4 rings (SSSR count). The van der Waals surface area contributed by atoms with Crippen LogP contribution in [0.5, 0.6) is 5.75 Å². The first kappa shape index (κ1) is 30.3. The number of amides is 2. The van der Waals surface area contributed by atoms with Gasteiger partial charge in [0.25, 0.3) is 11.8 Å². The Hall–Kier alpha value is -3.68. The summed E-state index contributed by atoms with van der Waals surface area (Å²) in [6, 6.07) is 5.63. The predicted molar refractivity (Wildman–Crippen MR) is 151 cm³/mol. The molecule has 0 spiro atoms. The first-order valence-corrected chi connectivity index (χ1v) is 14.0. The van der Waals surface area contributed by atoms with Crippen molar-refractivity contribution in [3.8, 4) is 16.3 Å². The summed E-state index contributed by atoms with van der Waals surface area (Å²) < 4.78 is 25.7. The lowest BCUT2D eigenvalue weighted by Crippen LogP contribution is -2.64. The van der Waals surface area contributed by atoms with E-state index < -0.39 is 22.6 Å². The van der Waals surface area contributed by atoms with Crippen molar-refractivity contribution in [2.24, 2.45) is 0 Å². The van der Waals surface area contributed by atoms with Crippen LogP contribution in [-0.4, -0.2) is 94.6 Å². The summed E-state index contributed by atoms with van der Waals surface area (Å²) in [5, 5.41) is 20.3. The molecule has 1 aromatic carbocycles. The Morgan fingerprint density at radius 3 is 2.56 bits per heavy atom. The summed E-state index contributed by atoms with van der Waals surface area (Å²) in [7, 11) is 3.18. The van der Waals surface area contributed by atoms with Crippen LogP contribution in [0, 0.1) is 5.82 Å². The first-order valence-electron chi connectivity index (χ1n) is 13.2. The van der Waals surface area contributed by atoms with Gasteiger partial charge in [-0.2, -0.15) is 0 Å². The summed E-state index contributed by atoms with van der Waals surface area (Å²) in [6.45, 7) is 6.09. The maximum absolute atomic E-state index is 14.1. The van der Waals surface area contributed by atoms with Crippen molar-refractivity contribution in [2.45, 2.75) is 38.8 Å². The molecule has 11 nitrogen and oxygen atoms in total. The van der Waals surface area contributed by atoms with E-state index in [1.165, 1.54) is 39.8 Å². The maximum Gasteiger partial charge on any atom is 0.274 e. The van der Waals surface area contributed by atoms with Crippen LogP contribution >= 0.6 is 11.3 Å².